The van der Waals surface area contributed by atoms with Crippen LogP contribution < -0.4 is 5.73 Å². The van der Waals surface area contributed by atoms with E-state index in [0.717, 1.165) is 24.9 Å². The number of nitrogens with two attached hydrogens (primary N) is 1. The fraction of sp³-hybridized carbons (Fsp3) is 0.357. The molecule has 0 aliphatic carbocycles. The molecule has 18 heavy (non-hydrogen) atoms. The molecule has 1 fully saturated rings. The van der Waals surface area contributed by atoms with Crippen molar-refractivity contribution in [1.29, 1.82) is 0 Å². The molecular weight excluding hydrogens is 228 g/mol. The average molecular weight is 246 g/mol. The van der Waals surface area contributed by atoms with Gasteiger partial charge in [0.2, 0.25) is 5.91 Å². The van der Waals surface area contributed by atoms with Crippen LogP contribution in [-0.2, 0) is 4.79 Å². The molecule has 2 rings (SSSR count). The number of carbonyl (C=O) groups is 1. The van der Waals surface area contributed by atoms with Crippen molar-refractivity contribution < 1.29 is 9.90 Å². The van der Waals surface area contributed by atoms with Crippen LogP contribution in [0.25, 0.3) is 6.08 Å². The molecule has 96 valence electrons. The molecule has 1 aliphatic rings. The van der Waals surface area contributed by atoms with Gasteiger partial charge >= 0.3 is 0 Å². The third-order valence-electron chi connectivity index (χ3n) is 3.27. The van der Waals surface area contributed by atoms with Gasteiger partial charge in [0, 0.05) is 12.1 Å². The van der Waals surface area contributed by atoms with Crippen molar-refractivity contribution >= 4 is 12.0 Å². The van der Waals surface area contributed by atoms with Gasteiger partial charge in [-0.15, -0.1) is 0 Å². The molecule has 4 nitrogen and oxygen atoms in total. The quantitative estimate of drug-likeness (QED) is 0.843. The Morgan fingerprint density at radius 2 is 2.28 bits per heavy atom. The molecule has 3 N–H and O–H groups in total. The Kier molecular flexibility index (Phi) is 3.99. The smallest absolute Gasteiger partial charge is 0.234 e. The SMILES string of the molecule is NC(=O)[C@@H]1CCCN1C/C=C/c1ccccc1O. The Balaban J connectivity index is 1.95. The zero-order chi connectivity index (χ0) is 13.0. The molecule has 0 spiro atoms. The van der Waals surface area contributed by atoms with Crippen LogP contribution in [0, 0.1) is 0 Å². The van der Waals surface area contributed by atoms with Crippen molar-refractivity contribution in [1.82, 2.24) is 4.90 Å². The molecule has 1 aliphatic heterocycles. The third kappa shape index (κ3) is 2.90. The van der Waals surface area contributed by atoms with Crippen molar-refractivity contribution in [3.8, 4) is 5.75 Å². The zero-order valence-electron chi connectivity index (χ0n) is 10.2. The summed E-state index contributed by atoms with van der Waals surface area (Å²) in [6.07, 6.45) is 5.68. The van der Waals surface area contributed by atoms with Crippen molar-refractivity contribution in [2.24, 2.45) is 5.73 Å². The van der Waals surface area contributed by atoms with E-state index in [2.05, 4.69) is 4.90 Å². The minimum Gasteiger partial charge on any atom is -0.507 e. The molecule has 0 aromatic heterocycles. The third-order valence-corrected chi connectivity index (χ3v) is 3.27. The Morgan fingerprint density at radius 1 is 1.50 bits per heavy atom. The maximum Gasteiger partial charge on any atom is 0.234 e. The van der Waals surface area contributed by atoms with Crippen molar-refractivity contribution in [2.45, 2.75) is 18.9 Å². The lowest BCUT2D eigenvalue weighted by molar-refractivity contribution is -0.122. The molecule has 0 bridgehead atoms. The van der Waals surface area contributed by atoms with Gasteiger partial charge in [-0.25, -0.2) is 0 Å². The number of phenols is 1. The van der Waals surface area contributed by atoms with E-state index in [1.165, 1.54) is 0 Å². The first-order chi connectivity index (χ1) is 8.68. The lowest BCUT2D eigenvalue weighted by Gasteiger charge is -2.19. The summed E-state index contributed by atoms with van der Waals surface area (Å²) in [7, 11) is 0. The average Bonchev–Trinajstić information content (AvgIpc) is 2.80. The number of phenolic OH excluding ortho intramolecular Hbond substituents is 1. The Labute approximate surface area is 107 Å². The molecule has 1 saturated heterocycles. The first-order valence-corrected chi connectivity index (χ1v) is 6.16. The van der Waals surface area contributed by atoms with Gasteiger partial charge in [0.25, 0.3) is 0 Å². The van der Waals surface area contributed by atoms with E-state index in [0.29, 0.717) is 6.54 Å². The first kappa shape index (κ1) is 12.6. The number of carbonyl (C=O) groups excluding carboxylic acids is 1. The van der Waals surface area contributed by atoms with Crippen molar-refractivity contribution in [2.75, 3.05) is 13.1 Å². The molecule has 1 heterocycles. The normalized spacial score (nSPS) is 20.6. The highest BCUT2D eigenvalue weighted by Crippen LogP contribution is 2.19. The Bertz CT molecular complexity index is 457. The second kappa shape index (κ2) is 5.69. The first-order valence-electron chi connectivity index (χ1n) is 6.16. The minimum atomic E-state index is -0.247. The Morgan fingerprint density at radius 3 is 3.00 bits per heavy atom. The van der Waals surface area contributed by atoms with E-state index in [4.69, 9.17) is 5.73 Å². The van der Waals surface area contributed by atoms with E-state index in [-0.39, 0.29) is 17.7 Å². The van der Waals surface area contributed by atoms with Gasteiger partial charge in [-0.2, -0.15) is 0 Å². The number of likely N-dealkylation sites (tertiary alicyclic amines) is 1. The number of primary amides is 1. The highest BCUT2D eigenvalue weighted by Gasteiger charge is 2.27. The summed E-state index contributed by atoms with van der Waals surface area (Å²) in [4.78, 5) is 13.3. The van der Waals surface area contributed by atoms with Crippen LogP contribution in [0.5, 0.6) is 5.75 Å². The zero-order valence-corrected chi connectivity index (χ0v) is 10.2. The van der Waals surface area contributed by atoms with Crippen LogP contribution in [0.2, 0.25) is 0 Å². The molecule has 0 unspecified atom stereocenters. The van der Waals surface area contributed by atoms with Crippen LogP contribution in [0.1, 0.15) is 18.4 Å². The van der Waals surface area contributed by atoms with Gasteiger partial charge in [0.05, 0.1) is 6.04 Å². The van der Waals surface area contributed by atoms with Crippen molar-refractivity contribution in [3.63, 3.8) is 0 Å². The number of benzene rings is 1. The van der Waals surface area contributed by atoms with E-state index in [9.17, 15) is 9.90 Å². The van der Waals surface area contributed by atoms with E-state index in [1.807, 2.05) is 24.3 Å². The number of aromatic hydroxyl groups is 1. The highest BCUT2D eigenvalue weighted by molar-refractivity contribution is 5.80. The van der Waals surface area contributed by atoms with Crippen LogP contribution in [0.4, 0.5) is 0 Å². The Hall–Kier alpha value is -1.81. The summed E-state index contributed by atoms with van der Waals surface area (Å²) >= 11 is 0. The second-order valence-corrected chi connectivity index (χ2v) is 4.52. The molecule has 0 radical (unpaired) electrons. The fourth-order valence-corrected chi connectivity index (χ4v) is 2.31. The molecule has 1 atom stereocenters. The summed E-state index contributed by atoms with van der Waals surface area (Å²) < 4.78 is 0. The van der Waals surface area contributed by atoms with E-state index in [1.54, 1.807) is 12.1 Å². The van der Waals surface area contributed by atoms with Gasteiger partial charge in [0.15, 0.2) is 0 Å². The van der Waals surface area contributed by atoms with Crippen LogP contribution in [0.15, 0.2) is 30.3 Å². The molecule has 1 aromatic rings. The van der Waals surface area contributed by atoms with Gasteiger partial charge in [0.1, 0.15) is 5.75 Å². The molecule has 1 amide bonds. The summed E-state index contributed by atoms with van der Waals surface area (Å²) in [5, 5.41) is 9.60. The van der Waals surface area contributed by atoms with Gasteiger partial charge in [-0.3, -0.25) is 9.69 Å². The summed E-state index contributed by atoms with van der Waals surface area (Å²) in [5.74, 6) is 0.0186. The maximum atomic E-state index is 11.2. The second-order valence-electron chi connectivity index (χ2n) is 4.52. The summed E-state index contributed by atoms with van der Waals surface area (Å²) in [5.41, 5.74) is 6.13. The number of rotatable bonds is 4. The molecule has 4 heteroatoms. The predicted molar refractivity (Wildman–Crippen MR) is 70.9 cm³/mol. The van der Waals surface area contributed by atoms with Crippen LogP contribution in [-0.4, -0.2) is 35.0 Å². The predicted octanol–water partition coefficient (Wildman–Crippen LogP) is 1.36. The molecule has 1 aromatic carbocycles. The lowest BCUT2D eigenvalue weighted by atomic mass is 10.2. The minimum absolute atomic E-state index is 0.140. The van der Waals surface area contributed by atoms with Gasteiger partial charge in [-0.05, 0) is 25.5 Å². The topological polar surface area (TPSA) is 66.6 Å². The summed E-state index contributed by atoms with van der Waals surface area (Å²) in [6, 6.07) is 7.03. The monoisotopic (exact) mass is 246 g/mol. The van der Waals surface area contributed by atoms with Crippen LogP contribution in [0.3, 0.4) is 0 Å². The molecule has 0 saturated carbocycles. The number of para-hydroxylation sites is 1. The molecular formula is C14H18N2O2. The lowest BCUT2D eigenvalue weighted by Crippen LogP contribution is -2.40. The van der Waals surface area contributed by atoms with Crippen molar-refractivity contribution in [3.05, 3.63) is 35.9 Å². The van der Waals surface area contributed by atoms with E-state index >= 15 is 0 Å². The van der Waals surface area contributed by atoms with E-state index < -0.39 is 0 Å². The summed E-state index contributed by atoms with van der Waals surface area (Å²) in [6.45, 7) is 1.58. The number of nitrogens with zero attached hydrogens (tertiary/aromatic N) is 1. The maximum absolute atomic E-state index is 11.2. The number of hydrogen-bond donors (Lipinski definition) is 2. The fourth-order valence-electron chi connectivity index (χ4n) is 2.31. The van der Waals surface area contributed by atoms with Gasteiger partial charge < -0.3 is 10.8 Å². The van der Waals surface area contributed by atoms with Crippen LogP contribution >= 0.6 is 0 Å². The highest BCUT2D eigenvalue weighted by atomic mass is 16.3. The standard InChI is InChI=1S/C14H18N2O2/c15-14(18)12-7-4-10-16(12)9-3-6-11-5-1-2-8-13(11)17/h1-3,5-6,8,12,17H,4,7,9-10H2,(H2,15,18)/b6-3+/t12-/m0/s1. The largest absolute Gasteiger partial charge is 0.507 e. The number of amides is 1. The number of hydrogen-bond acceptors (Lipinski definition) is 3. The van der Waals surface area contributed by atoms with Gasteiger partial charge in [-0.1, -0.05) is 30.4 Å².